The molecule has 2 N–H and O–H groups in total. The van der Waals surface area contributed by atoms with Gasteiger partial charge in [-0.05, 0) is 43.0 Å². The lowest BCUT2D eigenvalue weighted by Gasteiger charge is -2.19. The van der Waals surface area contributed by atoms with Gasteiger partial charge >= 0.3 is 0 Å². The second kappa shape index (κ2) is 9.30. The molecule has 3 aromatic rings. The molecule has 1 aromatic heterocycles. The van der Waals surface area contributed by atoms with Crippen molar-refractivity contribution in [1.82, 2.24) is 14.3 Å². The number of imidazole rings is 1. The highest BCUT2D eigenvalue weighted by atomic mass is 32.2. The maximum absolute atomic E-state index is 13.3. The molecule has 0 spiro atoms. The molecule has 8 nitrogen and oxygen atoms in total. The number of hydrogen-bond acceptors (Lipinski definition) is 5. The first kappa shape index (κ1) is 23.3. The van der Waals surface area contributed by atoms with Gasteiger partial charge in [0.1, 0.15) is 17.7 Å². The molecule has 182 valence electrons. The Morgan fingerprint density at radius 1 is 1.17 bits per heavy atom. The molecular formula is C26H29N5O3S. The van der Waals surface area contributed by atoms with E-state index in [1.807, 2.05) is 38.1 Å². The molecule has 2 aromatic carbocycles. The predicted octanol–water partition coefficient (Wildman–Crippen LogP) is 3.98. The highest BCUT2D eigenvalue weighted by Crippen LogP contribution is 2.26. The average Bonchev–Trinajstić information content (AvgIpc) is 3.41. The van der Waals surface area contributed by atoms with E-state index in [2.05, 4.69) is 25.8 Å². The smallest absolute Gasteiger partial charge is 0.263 e. The van der Waals surface area contributed by atoms with E-state index in [4.69, 9.17) is 4.98 Å². The number of anilines is 1. The van der Waals surface area contributed by atoms with Crippen LogP contribution in [0.1, 0.15) is 44.5 Å². The van der Waals surface area contributed by atoms with E-state index in [0.29, 0.717) is 17.7 Å². The van der Waals surface area contributed by atoms with Crippen molar-refractivity contribution < 1.29 is 13.2 Å². The maximum Gasteiger partial charge on any atom is 0.263 e. The zero-order valence-corrected chi connectivity index (χ0v) is 20.7. The number of fused-ring (bicyclic) bond motifs is 2. The average molecular weight is 492 g/mol. The molecule has 0 radical (unpaired) electrons. The normalized spacial score (nSPS) is 18.9. The van der Waals surface area contributed by atoms with Crippen molar-refractivity contribution >= 4 is 27.5 Å². The van der Waals surface area contributed by atoms with Gasteiger partial charge in [0.05, 0.1) is 10.6 Å². The molecule has 0 saturated carbocycles. The third-order valence-corrected chi connectivity index (χ3v) is 8.14. The molecule has 2 aliphatic heterocycles. The summed E-state index contributed by atoms with van der Waals surface area (Å²) in [7, 11) is -3.67. The largest absolute Gasteiger partial charge is 0.334 e. The van der Waals surface area contributed by atoms with Crippen molar-refractivity contribution in [2.24, 2.45) is 10.9 Å². The van der Waals surface area contributed by atoms with E-state index in [1.165, 1.54) is 18.9 Å². The number of nitrogens with zero attached hydrogens (tertiary/aromatic N) is 3. The number of amides is 1. The van der Waals surface area contributed by atoms with Crippen LogP contribution in [0.25, 0.3) is 11.3 Å². The summed E-state index contributed by atoms with van der Waals surface area (Å²) in [6.45, 7) is 4.93. The van der Waals surface area contributed by atoms with Crippen LogP contribution in [0.15, 0.2) is 64.6 Å². The van der Waals surface area contributed by atoms with Gasteiger partial charge in [0.25, 0.3) is 10.0 Å². The van der Waals surface area contributed by atoms with E-state index in [1.54, 1.807) is 18.2 Å². The zero-order valence-electron chi connectivity index (χ0n) is 19.9. The molecule has 9 heteroatoms. The molecule has 35 heavy (non-hydrogen) atoms. The first-order valence-electron chi connectivity index (χ1n) is 12.0. The van der Waals surface area contributed by atoms with Crippen LogP contribution < -0.4 is 10.0 Å². The monoisotopic (exact) mass is 491 g/mol. The summed E-state index contributed by atoms with van der Waals surface area (Å²) in [5.41, 5.74) is 3.08. The van der Waals surface area contributed by atoms with Gasteiger partial charge in [0.15, 0.2) is 0 Å². The topological polar surface area (TPSA) is 105 Å². The Morgan fingerprint density at radius 3 is 2.69 bits per heavy atom. The molecule has 1 amide bonds. The summed E-state index contributed by atoms with van der Waals surface area (Å²) >= 11 is 0. The van der Waals surface area contributed by atoms with Gasteiger partial charge in [0, 0.05) is 36.0 Å². The number of aromatic nitrogens is 2. The second-order valence-electron chi connectivity index (χ2n) is 9.17. The Labute approximate surface area is 205 Å². The van der Waals surface area contributed by atoms with Crippen LogP contribution >= 0.6 is 0 Å². The summed E-state index contributed by atoms with van der Waals surface area (Å²) in [4.78, 5) is 22.8. The number of benzene rings is 2. The SMILES string of the molecule is CC[C@H](C)[C@H](N=C1NS(=O)(=O)c2ccccc21)C(=O)Nc1ccc(-c2cn3c(n2)CCCC3)cc1. The number of aliphatic imine (C=N–C) groups is 1. The second-order valence-corrected chi connectivity index (χ2v) is 10.8. The number of aryl methyl sites for hydroxylation is 2. The lowest BCUT2D eigenvalue weighted by Crippen LogP contribution is -2.34. The molecule has 2 aliphatic rings. The van der Waals surface area contributed by atoms with Crippen LogP contribution in [-0.2, 0) is 27.8 Å². The Hall–Kier alpha value is -3.46. The lowest BCUT2D eigenvalue weighted by molar-refractivity contribution is -0.118. The Kier molecular flexibility index (Phi) is 6.19. The first-order chi connectivity index (χ1) is 16.9. The number of hydrogen-bond donors (Lipinski definition) is 2. The fourth-order valence-electron chi connectivity index (χ4n) is 4.53. The lowest BCUT2D eigenvalue weighted by atomic mass is 9.98. The summed E-state index contributed by atoms with van der Waals surface area (Å²) in [6, 6.07) is 13.5. The Balaban J connectivity index is 1.36. The first-order valence-corrected chi connectivity index (χ1v) is 13.5. The van der Waals surface area contributed by atoms with Crippen molar-refractivity contribution in [3.05, 3.63) is 66.1 Å². The van der Waals surface area contributed by atoms with Gasteiger partial charge in [-0.25, -0.2) is 13.4 Å². The van der Waals surface area contributed by atoms with E-state index in [-0.39, 0.29) is 22.6 Å². The van der Waals surface area contributed by atoms with Crippen LogP contribution in [0.4, 0.5) is 5.69 Å². The Morgan fingerprint density at radius 2 is 1.94 bits per heavy atom. The molecule has 3 heterocycles. The van der Waals surface area contributed by atoms with E-state index < -0.39 is 16.1 Å². The standard InChI is InChI=1S/C26H29N5O3S/c1-3-17(2)24(29-25-20-8-4-5-9-22(20)35(33,34)30-25)26(32)27-19-13-11-18(12-14-19)21-16-31-15-7-6-10-23(31)28-21/h4-5,8-9,11-14,16-17,24H,3,6-7,10,15H2,1-2H3,(H,27,32)(H,29,30)/t17-,24-/m0/s1. The fraction of sp³-hybridized carbons (Fsp3) is 0.346. The summed E-state index contributed by atoms with van der Waals surface area (Å²) in [6.07, 6.45) is 6.18. The maximum atomic E-state index is 13.3. The number of nitrogens with one attached hydrogen (secondary N) is 2. The van der Waals surface area contributed by atoms with Gasteiger partial charge in [-0.15, -0.1) is 0 Å². The van der Waals surface area contributed by atoms with Gasteiger partial charge in [-0.2, -0.15) is 0 Å². The van der Waals surface area contributed by atoms with Crippen molar-refractivity contribution in [3.63, 3.8) is 0 Å². The molecular weight excluding hydrogens is 462 g/mol. The highest BCUT2D eigenvalue weighted by Gasteiger charge is 2.33. The number of carbonyl (C=O) groups is 1. The highest BCUT2D eigenvalue weighted by molar-refractivity contribution is 7.90. The molecule has 0 aliphatic carbocycles. The number of rotatable bonds is 6. The van der Waals surface area contributed by atoms with Crippen LogP contribution in [-0.4, -0.2) is 35.8 Å². The summed E-state index contributed by atoms with van der Waals surface area (Å²) in [5, 5.41) is 2.95. The van der Waals surface area contributed by atoms with E-state index >= 15 is 0 Å². The minimum atomic E-state index is -3.67. The van der Waals surface area contributed by atoms with Gasteiger partial charge in [-0.1, -0.05) is 44.5 Å². The number of carbonyl (C=O) groups excluding carboxylic acids is 1. The van der Waals surface area contributed by atoms with Crippen LogP contribution in [0, 0.1) is 5.92 Å². The fourth-order valence-corrected chi connectivity index (χ4v) is 5.77. The Bertz CT molecular complexity index is 1370. The molecule has 0 bridgehead atoms. The minimum Gasteiger partial charge on any atom is -0.334 e. The van der Waals surface area contributed by atoms with E-state index in [9.17, 15) is 13.2 Å². The van der Waals surface area contributed by atoms with Gasteiger partial charge in [0.2, 0.25) is 5.91 Å². The third-order valence-electron chi connectivity index (χ3n) is 6.74. The number of amidine groups is 1. The van der Waals surface area contributed by atoms with Crippen molar-refractivity contribution in [1.29, 1.82) is 0 Å². The van der Waals surface area contributed by atoms with Crippen LogP contribution in [0.5, 0.6) is 0 Å². The molecule has 2 atom stereocenters. The molecule has 5 rings (SSSR count). The summed E-state index contributed by atoms with van der Waals surface area (Å²) < 4.78 is 29.6. The minimum absolute atomic E-state index is 0.0871. The van der Waals surface area contributed by atoms with Crippen LogP contribution in [0.3, 0.4) is 0 Å². The van der Waals surface area contributed by atoms with Gasteiger partial charge in [-0.3, -0.25) is 14.5 Å². The van der Waals surface area contributed by atoms with Gasteiger partial charge < -0.3 is 9.88 Å². The zero-order chi connectivity index (χ0) is 24.6. The van der Waals surface area contributed by atoms with Crippen LogP contribution in [0.2, 0.25) is 0 Å². The predicted molar refractivity (Wildman–Crippen MR) is 136 cm³/mol. The molecule has 0 unspecified atom stereocenters. The third kappa shape index (κ3) is 4.60. The van der Waals surface area contributed by atoms with Crippen molar-refractivity contribution in [2.45, 2.75) is 57.0 Å². The molecule has 0 saturated heterocycles. The summed E-state index contributed by atoms with van der Waals surface area (Å²) in [5.74, 6) is 0.972. The van der Waals surface area contributed by atoms with E-state index in [0.717, 1.165) is 30.0 Å². The molecule has 0 fully saturated rings. The quantitative estimate of drug-likeness (QED) is 0.544. The van der Waals surface area contributed by atoms with Crippen molar-refractivity contribution in [2.75, 3.05) is 5.32 Å². The van der Waals surface area contributed by atoms with Crippen molar-refractivity contribution in [3.8, 4) is 11.3 Å². The number of sulfonamides is 1.